The highest BCUT2D eigenvalue weighted by atomic mass is 16.2. The van der Waals surface area contributed by atoms with Crippen LogP contribution in [0.25, 0.3) is 0 Å². The molecule has 3 heteroatoms. The third-order valence-electron chi connectivity index (χ3n) is 6.60. The number of nitrogens with zero attached hydrogens (tertiary/aromatic N) is 1. The van der Waals surface area contributed by atoms with E-state index in [1.54, 1.807) is 6.92 Å². The van der Waals surface area contributed by atoms with E-state index in [9.17, 15) is 4.79 Å². The highest BCUT2D eigenvalue weighted by Crippen LogP contribution is 2.50. The third-order valence-corrected chi connectivity index (χ3v) is 6.60. The van der Waals surface area contributed by atoms with Crippen LogP contribution in [0.2, 0.25) is 0 Å². The molecule has 27 heavy (non-hydrogen) atoms. The molecule has 2 aromatic carbocycles. The molecular weight excluding hydrogens is 332 g/mol. The van der Waals surface area contributed by atoms with Crippen LogP contribution in [0, 0.1) is 11.8 Å². The number of carbonyl (C=O) groups excluding carboxylic acids is 1. The van der Waals surface area contributed by atoms with Crippen molar-refractivity contribution in [2.24, 2.45) is 11.8 Å². The molecule has 3 aliphatic rings. The number of hydrogen-bond donors (Lipinski definition) is 1. The second-order valence-corrected chi connectivity index (χ2v) is 8.66. The summed E-state index contributed by atoms with van der Waals surface area (Å²) in [6.07, 6.45) is 5.13. The first-order chi connectivity index (χ1) is 13.1. The van der Waals surface area contributed by atoms with Gasteiger partial charge < -0.3 is 10.2 Å². The van der Waals surface area contributed by atoms with Crippen molar-refractivity contribution in [1.82, 2.24) is 0 Å². The second-order valence-electron chi connectivity index (χ2n) is 8.66. The Balaban J connectivity index is 1.53. The minimum atomic E-state index is 0.167. The molecule has 1 heterocycles. The summed E-state index contributed by atoms with van der Waals surface area (Å²) in [5, 5.41) is 3.84. The zero-order chi connectivity index (χ0) is 18.5. The predicted octanol–water partition coefficient (Wildman–Crippen LogP) is 5.50. The molecule has 0 bridgehead atoms. The Labute approximate surface area is 161 Å². The van der Waals surface area contributed by atoms with E-state index < -0.39 is 0 Å². The number of anilines is 2. The quantitative estimate of drug-likeness (QED) is 0.781. The largest absolute Gasteiger partial charge is 0.378 e. The number of nitrogens with one attached hydrogen (secondary N) is 1. The zero-order valence-electron chi connectivity index (χ0n) is 16.2. The fourth-order valence-corrected chi connectivity index (χ4v) is 4.99. The van der Waals surface area contributed by atoms with E-state index in [0.717, 1.165) is 11.6 Å². The van der Waals surface area contributed by atoms with Crippen molar-refractivity contribution in [1.29, 1.82) is 0 Å². The molecular formula is C24H28N2O. The van der Waals surface area contributed by atoms with Crippen LogP contribution in [-0.4, -0.2) is 11.9 Å². The minimum Gasteiger partial charge on any atom is -0.378 e. The third kappa shape index (κ3) is 3.03. The molecule has 0 radical (unpaired) electrons. The Kier molecular flexibility index (Phi) is 3.99. The van der Waals surface area contributed by atoms with Crippen molar-refractivity contribution in [2.45, 2.75) is 57.5 Å². The van der Waals surface area contributed by atoms with Crippen molar-refractivity contribution in [2.75, 3.05) is 10.2 Å². The number of amides is 1. The molecule has 0 aromatic heterocycles. The van der Waals surface area contributed by atoms with Gasteiger partial charge in [0.1, 0.15) is 0 Å². The van der Waals surface area contributed by atoms with Crippen LogP contribution in [0.5, 0.6) is 0 Å². The maximum atomic E-state index is 12.5. The molecule has 0 spiro atoms. The summed E-state index contributed by atoms with van der Waals surface area (Å²) >= 11 is 0. The van der Waals surface area contributed by atoms with Gasteiger partial charge in [0.25, 0.3) is 0 Å². The second kappa shape index (κ2) is 6.40. The summed E-state index contributed by atoms with van der Waals surface area (Å²) in [7, 11) is 0. The van der Waals surface area contributed by atoms with Gasteiger partial charge in [0, 0.05) is 30.3 Å². The van der Waals surface area contributed by atoms with Crippen LogP contribution >= 0.6 is 0 Å². The van der Waals surface area contributed by atoms with Crippen LogP contribution in [0.1, 0.15) is 62.6 Å². The standard InChI is InChI=1S/C24H28N2O/c1-15-23(25-20-7-5-6-19(14-20)17-10-11-17)21-8-3-4-9-22(21)26(16(2)27)24(15)18-12-13-18/h3-9,14-15,17-18,23-25H,10-13H2,1-2H3/t15-,23-,24-/m1/s1. The van der Waals surface area contributed by atoms with Crippen molar-refractivity contribution in [3.8, 4) is 0 Å². The molecule has 3 nitrogen and oxygen atoms in total. The van der Waals surface area contributed by atoms with Gasteiger partial charge in [0.05, 0.1) is 6.04 Å². The maximum absolute atomic E-state index is 12.5. The fraction of sp³-hybridized carbons (Fsp3) is 0.458. The van der Waals surface area contributed by atoms with Gasteiger partial charge in [-0.2, -0.15) is 0 Å². The molecule has 2 aromatic rings. The first kappa shape index (κ1) is 16.9. The lowest BCUT2D eigenvalue weighted by molar-refractivity contribution is -0.117. The number of benzene rings is 2. The van der Waals surface area contributed by atoms with Gasteiger partial charge in [-0.15, -0.1) is 0 Å². The molecule has 2 saturated carbocycles. The molecule has 0 saturated heterocycles. The monoisotopic (exact) mass is 360 g/mol. The molecule has 1 aliphatic heterocycles. The Morgan fingerprint density at radius 3 is 2.52 bits per heavy atom. The van der Waals surface area contributed by atoms with Crippen LogP contribution in [-0.2, 0) is 4.79 Å². The summed E-state index contributed by atoms with van der Waals surface area (Å²) in [5.41, 5.74) is 5.00. The lowest BCUT2D eigenvalue weighted by atomic mass is 9.80. The van der Waals surface area contributed by atoms with Gasteiger partial charge in [-0.3, -0.25) is 4.79 Å². The maximum Gasteiger partial charge on any atom is 0.224 e. The predicted molar refractivity (Wildman–Crippen MR) is 110 cm³/mol. The van der Waals surface area contributed by atoms with Gasteiger partial charge in [0.15, 0.2) is 0 Å². The molecule has 5 rings (SSSR count). The fourth-order valence-electron chi connectivity index (χ4n) is 4.99. The Morgan fingerprint density at radius 1 is 1.04 bits per heavy atom. The summed E-state index contributed by atoms with van der Waals surface area (Å²) in [5.74, 6) is 1.94. The number of hydrogen-bond acceptors (Lipinski definition) is 2. The highest BCUT2D eigenvalue weighted by molar-refractivity contribution is 5.94. The Morgan fingerprint density at radius 2 is 1.81 bits per heavy atom. The van der Waals surface area contributed by atoms with Crippen LogP contribution < -0.4 is 10.2 Å². The first-order valence-corrected chi connectivity index (χ1v) is 10.4. The normalized spacial score (nSPS) is 27.2. The van der Waals surface area contributed by atoms with E-state index in [0.29, 0.717) is 17.9 Å². The SMILES string of the molecule is CC(=O)N1c2ccccc2[C@H](Nc2cccc(C3CC3)c2)[C@@H](C)[C@@H]1C1CC1. The molecule has 3 atom stereocenters. The molecule has 1 N–H and O–H groups in total. The van der Waals surface area contributed by atoms with E-state index in [-0.39, 0.29) is 11.9 Å². The topological polar surface area (TPSA) is 32.3 Å². The van der Waals surface area contributed by atoms with E-state index in [1.165, 1.54) is 42.5 Å². The zero-order valence-corrected chi connectivity index (χ0v) is 16.2. The van der Waals surface area contributed by atoms with Gasteiger partial charge in [0.2, 0.25) is 5.91 Å². The average Bonchev–Trinajstić information content (AvgIpc) is 3.56. The van der Waals surface area contributed by atoms with Crippen molar-refractivity contribution in [3.63, 3.8) is 0 Å². The van der Waals surface area contributed by atoms with Gasteiger partial charge >= 0.3 is 0 Å². The van der Waals surface area contributed by atoms with E-state index >= 15 is 0 Å². The first-order valence-electron chi connectivity index (χ1n) is 10.4. The number of rotatable bonds is 4. The van der Waals surface area contributed by atoms with E-state index in [1.807, 2.05) is 0 Å². The van der Waals surface area contributed by atoms with Crippen LogP contribution in [0.15, 0.2) is 48.5 Å². The van der Waals surface area contributed by atoms with Crippen molar-refractivity contribution >= 4 is 17.3 Å². The number of carbonyl (C=O) groups is 1. The molecule has 2 fully saturated rings. The van der Waals surface area contributed by atoms with Crippen molar-refractivity contribution in [3.05, 3.63) is 59.7 Å². The van der Waals surface area contributed by atoms with Gasteiger partial charge in [-0.1, -0.05) is 37.3 Å². The smallest absolute Gasteiger partial charge is 0.224 e. The van der Waals surface area contributed by atoms with Crippen molar-refractivity contribution < 1.29 is 4.79 Å². The van der Waals surface area contributed by atoms with Gasteiger partial charge in [-0.05, 0) is 66.8 Å². The Bertz CT molecular complexity index is 868. The lowest BCUT2D eigenvalue weighted by Crippen LogP contribution is -2.51. The van der Waals surface area contributed by atoms with Crippen LogP contribution in [0.3, 0.4) is 0 Å². The van der Waals surface area contributed by atoms with E-state index in [4.69, 9.17) is 0 Å². The molecule has 2 aliphatic carbocycles. The summed E-state index contributed by atoms with van der Waals surface area (Å²) in [6.45, 7) is 4.03. The number of para-hydroxylation sites is 1. The molecule has 0 unspecified atom stereocenters. The Hall–Kier alpha value is -2.29. The molecule has 1 amide bonds. The average molecular weight is 361 g/mol. The molecule has 140 valence electrons. The summed E-state index contributed by atoms with van der Waals surface area (Å²) in [4.78, 5) is 14.6. The van der Waals surface area contributed by atoms with E-state index in [2.05, 4.69) is 65.7 Å². The number of fused-ring (bicyclic) bond motifs is 1. The summed E-state index contributed by atoms with van der Waals surface area (Å²) in [6, 6.07) is 17.9. The highest BCUT2D eigenvalue weighted by Gasteiger charge is 2.47. The minimum absolute atomic E-state index is 0.167. The lowest BCUT2D eigenvalue weighted by Gasteiger charge is -2.46. The van der Waals surface area contributed by atoms with Crippen LogP contribution in [0.4, 0.5) is 11.4 Å². The summed E-state index contributed by atoms with van der Waals surface area (Å²) < 4.78 is 0. The van der Waals surface area contributed by atoms with Gasteiger partial charge in [-0.25, -0.2) is 0 Å².